The zero-order chi connectivity index (χ0) is 26.1. The molecule has 2 saturated heterocycles. The summed E-state index contributed by atoms with van der Waals surface area (Å²) in [6, 6.07) is 16.5. The van der Waals surface area contributed by atoms with E-state index in [-0.39, 0.29) is 5.56 Å². The summed E-state index contributed by atoms with van der Waals surface area (Å²) in [5, 5.41) is 12.7. The molecular weight excluding hydrogens is 520 g/mol. The van der Waals surface area contributed by atoms with E-state index in [1.165, 1.54) is 19.6 Å². The van der Waals surface area contributed by atoms with Crippen molar-refractivity contribution in [3.8, 4) is 11.3 Å². The molecule has 0 atom stereocenters. The summed E-state index contributed by atoms with van der Waals surface area (Å²) in [6.07, 6.45) is 0.958. The molecule has 0 bridgehead atoms. The summed E-state index contributed by atoms with van der Waals surface area (Å²) in [6.45, 7) is 4.98. The van der Waals surface area contributed by atoms with E-state index in [4.69, 9.17) is 9.84 Å². The average Bonchev–Trinajstić information content (AvgIpc) is 2.95. The van der Waals surface area contributed by atoms with Gasteiger partial charge in [-0.15, -0.1) is 0 Å². The Kier molecular flexibility index (Phi) is 7.27. The fourth-order valence-electron chi connectivity index (χ4n) is 5.19. The highest BCUT2D eigenvalue weighted by molar-refractivity contribution is 8.05. The van der Waals surface area contributed by atoms with E-state index in [0.29, 0.717) is 32.2 Å². The van der Waals surface area contributed by atoms with E-state index in [2.05, 4.69) is 57.7 Å². The van der Waals surface area contributed by atoms with E-state index in [9.17, 15) is 9.59 Å². The molecule has 0 spiro atoms. The second-order valence-electron chi connectivity index (χ2n) is 9.81. The summed E-state index contributed by atoms with van der Waals surface area (Å²) in [4.78, 5) is 35.3. The Labute approximate surface area is 229 Å². The fraction of sp³-hybridized carbons (Fsp3) is 0.357. The van der Waals surface area contributed by atoms with Gasteiger partial charge in [-0.1, -0.05) is 35.7 Å². The van der Waals surface area contributed by atoms with Crippen LogP contribution in [0.15, 0.2) is 72.9 Å². The minimum atomic E-state index is -0.819. The zero-order valence-electron chi connectivity index (χ0n) is 20.9. The van der Waals surface area contributed by atoms with Gasteiger partial charge >= 0.3 is 6.09 Å². The van der Waals surface area contributed by atoms with Crippen LogP contribution >= 0.6 is 23.5 Å². The number of aromatic nitrogens is 1. The van der Waals surface area contributed by atoms with Crippen LogP contribution in [0.3, 0.4) is 0 Å². The highest BCUT2D eigenvalue weighted by Crippen LogP contribution is 2.52. The fourth-order valence-corrected chi connectivity index (χ4v) is 7.61. The summed E-state index contributed by atoms with van der Waals surface area (Å²) in [7, 11) is 0. The Hall–Kier alpha value is -3.08. The lowest BCUT2D eigenvalue weighted by Crippen LogP contribution is -2.39. The molecule has 1 aromatic heterocycles. The number of nitrogens with one attached hydrogen (secondary N) is 2. The van der Waals surface area contributed by atoms with Crippen molar-refractivity contribution in [1.29, 1.82) is 0 Å². The molecule has 38 heavy (non-hydrogen) atoms. The first-order chi connectivity index (χ1) is 18.5. The lowest BCUT2D eigenvalue weighted by Gasteiger charge is -2.30. The van der Waals surface area contributed by atoms with Crippen molar-refractivity contribution in [1.82, 2.24) is 9.88 Å². The number of amides is 1. The Bertz CT molecular complexity index is 1400. The Morgan fingerprint density at radius 2 is 1.82 bits per heavy atom. The van der Waals surface area contributed by atoms with Crippen molar-refractivity contribution in [2.75, 3.05) is 56.2 Å². The zero-order valence-corrected chi connectivity index (χ0v) is 22.6. The van der Waals surface area contributed by atoms with Crippen LogP contribution in [-0.2, 0) is 4.74 Å². The molecule has 2 aromatic carbocycles. The van der Waals surface area contributed by atoms with Crippen LogP contribution in [-0.4, -0.2) is 67.0 Å². The second kappa shape index (κ2) is 11.0. The number of benzene rings is 2. The van der Waals surface area contributed by atoms with Gasteiger partial charge in [-0.05, 0) is 49.1 Å². The van der Waals surface area contributed by atoms with Crippen LogP contribution in [0.5, 0.6) is 0 Å². The number of hydrogen-bond donors (Lipinski definition) is 3. The SMILES string of the molecule is O=C(O)N1CCC(CNc2ccc3c(c2)Sc2cccc(-c4cc(N5CCOCC5)cc(=O)[nH]4)c2S3)CC1. The molecule has 3 aromatic rings. The molecule has 4 heterocycles. The number of likely N-dealkylation sites (tertiary alicyclic amines) is 1. The van der Waals surface area contributed by atoms with E-state index in [1.54, 1.807) is 29.6 Å². The third-order valence-electron chi connectivity index (χ3n) is 7.33. The number of piperidine rings is 1. The van der Waals surface area contributed by atoms with Crippen molar-refractivity contribution < 1.29 is 14.6 Å². The van der Waals surface area contributed by atoms with Crippen molar-refractivity contribution >= 4 is 41.0 Å². The topological polar surface area (TPSA) is 97.9 Å². The molecule has 1 amide bonds. The first kappa shape index (κ1) is 25.2. The standard InChI is InChI=1S/C28H30N4O4S2/c33-26-16-20(31-10-12-36-13-11-31)15-22(30-26)21-2-1-3-24-27(21)38-23-5-4-19(14-25(23)37-24)29-17-18-6-8-32(9-7-18)28(34)35/h1-5,14-16,18,29H,6-13,17H2,(H,30,33)(H,34,35). The molecule has 0 unspecified atom stereocenters. The van der Waals surface area contributed by atoms with Gasteiger partial charge in [0.1, 0.15) is 0 Å². The summed E-state index contributed by atoms with van der Waals surface area (Å²) in [5.74, 6) is 0.474. The average molecular weight is 551 g/mol. The maximum absolute atomic E-state index is 12.6. The number of hydrogen-bond acceptors (Lipinski definition) is 7. The molecule has 0 saturated carbocycles. The molecule has 0 aliphatic carbocycles. The van der Waals surface area contributed by atoms with Gasteiger partial charge in [0.2, 0.25) is 5.56 Å². The van der Waals surface area contributed by atoms with Gasteiger partial charge in [-0.25, -0.2) is 4.79 Å². The largest absolute Gasteiger partial charge is 0.465 e. The molecule has 198 valence electrons. The Morgan fingerprint density at radius 1 is 1.00 bits per heavy atom. The van der Waals surface area contributed by atoms with Gasteiger partial charge < -0.3 is 29.9 Å². The van der Waals surface area contributed by atoms with Gasteiger partial charge in [0.05, 0.1) is 18.9 Å². The molecule has 3 N–H and O–H groups in total. The first-order valence-electron chi connectivity index (χ1n) is 13.0. The number of ether oxygens (including phenoxy) is 1. The summed E-state index contributed by atoms with van der Waals surface area (Å²) >= 11 is 3.50. The van der Waals surface area contributed by atoms with Crippen molar-refractivity contribution in [2.45, 2.75) is 32.4 Å². The quantitative estimate of drug-likeness (QED) is 0.308. The van der Waals surface area contributed by atoms with Crippen LogP contribution in [0, 0.1) is 5.92 Å². The Balaban J connectivity index is 1.18. The number of pyridine rings is 1. The molecule has 8 nitrogen and oxygen atoms in total. The number of morpholine rings is 1. The molecule has 0 radical (unpaired) electrons. The van der Waals surface area contributed by atoms with Crippen molar-refractivity contribution in [3.63, 3.8) is 0 Å². The molecule has 10 heteroatoms. The number of carboxylic acid groups (broad SMARTS) is 1. The van der Waals surface area contributed by atoms with Crippen LogP contribution in [0.2, 0.25) is 0 Å². The summed E-state index contributed by atoms with van der Waals surface area (Å²) in [5.41, 5.74) is 3.79. The lowest BCUT2D eigenvalue weighted by molar-refractivity contribution is 0.122. The van der Waals surface area contributed by atoms with E-state index < -0.39 is 6.09 Å². The minimum Gasteiger partial charge on any atom is -0.465 e. The van der Waals surface area contributed by atoms with Gasteiger partial charge in [-0.3, -0.25) is 4.79 Å². The number of fused-ring (bicyclic) bond motifs is 2. The van der Waals surface area contributed by atoms with E-state index in [0.717, 1.165) is 60.0 Å². The van der Waals surface area contributed by atoms with Crippen molar-refractivity contribution in [2.24, 2.45) is 5.92 Å². The number of nitrogens with zero attached hydrogens (tertiary/aromatic N) is 2. The number of carbonyl (C=O) groups is 1. The molecule has 3 aliphatic rings. The molecule has 3 aliphatic heterocycles. The predicted octanol–water partition coefficient (Wildman–Crippen LogP) is 5.30. The van der Waals surface area contributed by atoms with Gasteiger partial charge in [0.15, 0.2) is 0 Å². The van der Waals surface area contributed by atoms with Crippen LogP contribution in [0.4, 0.5) is 16.2 Å². The Morgan fingerprint density at radius 3 is 2.61 bits per heavy atom. The lowest BCUT2D eigenvalue weighted by atomic mass is 9.97. The normalized spacial score (nSPS) is 17.6. The highest BCUT2D eigenvalue weighted by atomic mass is 32.2. The van der Waals surface area contributed by atoms with Crippen molar-refractivity contribution in [3.05, 3.63) is 58.9 Å². The predicted molar refractivity (Wildman–Crippen MR) is 151 cm³/mol. The number of aromatic amines is 1. The second-order valence-corrected chi connectivity index (χ2v) is 11.9. The minimum absolute atomic E-state index is 0.0974. The van der Waals surface area contributed by atoms with Crippen LogP contribution in [0.25, 0.3) is 11.3 Å². The first-order valence-corrected chi connectivity index (χ1v) is 14.6. The maximum Gasteiger partial charge on any atom is 0.407 e. The monoisotopic (exact) mass is 550 g/mol. The maximum atomic E-state index is 12.6. The summed E-state index contributed by atoms with van der Waals surface area (Å²) < 4.78 is 5.48. The van der Waals surface area contributed by atoms with E-state index in [1.807, 2.05) is 0 Å². The number of H-pyrrole nitrogens is 1. The van der Waals surface area contributed by atoms with Crippen LogP contribution < -0.4 is 15.8 Å². The number of anilines is 2. The molecular formula is C28H30N4O4S2. The highest BCUT2D eigenvalue weighted by Gasteiger charge is 2.24. The molecule has 6 rings (SSSR count). The third kappa shape index (κ3) is 5.39. The number of rotatable bonds is 5. The van der Waals surface area contributed by atoms with Gasteiger partial charge in [0, 0.05) is 75.3 Å². The smallest absolute Gasteiger partial charge is 0.407 e. The third-order valence-corrected chi connectivity index (χ3v) is 9.93. The van der Waals surface area contributed by atoms with E-state index >= 15 is 0 Å². The van der Waals surface area contributed by atoms with Gasteiger partial charge in [-0.2, -0.15) is 0 Å². The molecule has 2 fully saturated rings. The van der Waals surface area contributed by atoms with Crippen LogP contribution in [0.1, 0.15) is 12.8 Å². The van der Waals surface area contributed by atoms with Gasteiger partial charge in [0.25, 0.3) is 0 Å².